The van der Waals surface area contributed by atoms with Crippen LogP contribution in [0.4, 0.5) is 0 Å². The molecule has 0 heterocycles. The largest absolute Gasteiger partial charge is 0.396 e. The van der Waals surface area contributed by atoms with E-state index in [-0.39, 0.29) is 0 Å². The lowest BCUT2D eigenvalue weighted by Crippen LogP contribution is -1.97. The zero-order valence-corrected chi connectivity index (χ0v) is 21.5. The van der Waals surface area contributed by atoms with Crippen LogP contribution >= 0.6 is 0 Å². The van der Waals surface area contributed by atoms with Gasteiger partial charge in [-0.25, -0.2) is 0 Å². The Morgan fingerprint density at radius 2 is 0.633 bits per heavy atom. The average Bonchev–Trinajstić information content (AvgIpc) is 2.76. The third-order valence-electron chi connectivity index (χ3n) is 5.80. The molecule has 0 unspecified atom stereocenters. The maximum Gasteiger partial charge on any atom is 0.0466 e. The molecule has 30 heavy (non-hydrogen) atoms. The van der Waals surface area contributed by atoms with E-state index in [0.29, 0.717) is 6.61 Å². The molecule has 0 aromatic carbocycles. The van der Waals surface area contributed by atoms with Crippen LogP contribution in [0.25, 0.3) is 0 Å². The van der Waals surface area contributed by atoms with Crippen LogP contribution in [-0.2, 0) is 4.74 Å². The van der Waals surface area contributed by atoms with Crippen LogP contribution in [0, 0.1) is 0 Å². The average molecular weight is 429 g/mol. The molecule has 0 fully saturated rings. The standard InChI is InChI=1S/C16H34O.C12H26O/c1-3-5-7-9-11-13-15-17-16-14-12-10-8-6-4-2;1-2-3-4-5-6-7-8-9-10-11-12-13/h3-16H2,1-2H3;13H,2-12H2,1H3. The molecule has 184 valence electrons. The summed E-state index contributed by atoms with van der Waals surface area (Å²) in [6.45, 7) is 9.14. The first-order valence-corrected chi connectivity index (χ1v) is 14.0. The molecular weight excluding hydrogens is 368 g/mol. The van der Waals surface area contributed by atoms with Gasteiger partial charge in [0.15, 0.2) is 0 Å². The molecule has 0 saturated carbocycles. The maximum absolute atomic E-state index is 8.57. The van der Waals surface area contributed by atoms with Crippen molar-refractivity contribution in [2.75, 3.05) is 19.8 Å². The zero-order chi connectivity index (χ0) is 22.4. The molecule has 0 spiro atoms. The minimum absolute atomic E-state index is 0.372. The van der Waals surface area contributed by atoms with E-state index in [9.17, 15) is 0 Å². The lowest BCUT2D eigenvalue weighted by atomic mass is 10.1. The molecule has 0 amide bonds. The van der Waals surface area contributed by atoms with E-state index in [0.717, 1.165) is 19.6 Å². The summed E-state index contributed by atoms with van der Waals surface area (Å²) >= 11 is 0. The molecular formula is C28H60O2. The van der Waals surface area contributed by atoms with Crippen molar-refractivity contribution in [2.24, 2.45) is 0 Å². The number of aliphatic hydroxyl groups excluding tert-OH is 1. The number of unbranched alkanes of at least 4 members (excludes halogenated alkanes) is 19. The Morgan fingerprint density at radius 1 is 0.367 bits per heavy atom. The van der Waals surface area contributed by atoms with Gasteiger partial charge in [-0.05, 0) is 19.3 Å². The van der Waals surface area contributed by atoms with Crippen molar-refractivity contribution >= 4 is 0 Å². The van der Waals surface area contributed by atoms with Gasteiger partial charge in [0.05, 0.1) is 0 Å². The second-order valence-corrected chi connectivity index (χ2v) is 9.05. The predicted molar refractivity (Wildman–Crippen MR) is 137 cm³/mol. The summed E-state index contributed by atoms with van der Waals surface area (Å²) in [4.78, 5) is 0. The Balaban J connectivity index is 0. The van der Waals surface area contributed by atoms with E-state index < -0.39 is 0 Å². The predicted octanol–water partition coefficient (Wildman–Crippen LogP) is 9.62. The molecule has 0 bridgehead atoms. The van der Waals surface area contributed by atoms with Gasteiger partial charge in [-0.1, -0.05) is 143 Å². The van der Waals surface area contributed by atoms with Crippen LogP contribution in [0.1, 0.15) is 162 Å². The molecule has 0 aliphatic rings. The van der Waals surface area contributed by atoms with Gasteiger partial charge in [0, 0.05) is 19.8 Å². The summed E-state index contributed by atoms with van der Waals surface area (Å²) < 4.78 is 5.65. The summed E-state index contributed by atoms with van der Waals surface area (Å²) in [5.74, 6) is 0. The van der Waals surface area contributed by atoms with E-state index in [1.807, 2.05) is 0 Å². The lowest BCUT2D eigenvalue weighted by molar-refractivity contribution is 0.125. The Morgan fingerprint density at radius 3 is 0.933 bits per heavy atom. The minimum atomic E-state index is 0.372. The van der Waals surface area contributed by atoms with Crippen LogP contribution in [0.5, 0.6) is 0 Å². The van der Waals surface area contributed by atoms with Gasteiger partial charge in [-0.15, -0.1) is 0 Å². The van der Waals surface area contributed by atoms with Crippen LogP contribution < -0.4 is 0 Å². The van der Waals surface area contributed by atoms with E-state index in [1.165, 1.54) is 135 Å². The fraction of sp³-hybridized carbons (Fsp3) is 1.00. The highest BCUT2D eigenvalue weighted by Crippen LogP contribution is 2.10. The molecule has 0 aromatic heterocycles. The number of aliphatic hydroxyl groups is 1. The first-order valence-electron chi connectivity index (χ1n) is 14.0. The smallest absolute Gasteiger partial charge is 0.0466 e. The number of hydrogen-bond acceptors (Lipinski definition) is 2. The van der Waals surface area contributed by atoms with Gasteiger partial charge in [0.2, 0.25) is 0 Å². The maximum atomic E-state index is 8.57. The number of ether oxygens (including phenoxy) is 1. The van der Waals surface area contributed by atoms with Crippen LogP contribution in [0.2, 0.25) is 0 Å². The first kappa shape index (κ1) is 32.1. The van der Waals surface area contributed by atoms with Crippen molar-refractivity contribution in [1.29, 1.82) is 0 Å². The molecule has 1 N–H and O–H groups in total. The highest BCUT2D eigenvalue weighted by molar-refractivity contribution is 4.47. The Bertz CT molecular complexity index is 231. The van der Waals surface area contributed by atoms with Crippen molar-refractivity contribution in [1.82, 2.24) is 0 Å². The highest BCUT2D eigenvalue weighted by Gasteiger charge is 1.93. The van der Waals surface area contributed by atoms with E-state index >= 15 is 0 Å². The summed E-state index contributed by atoms with van der Waals surface area (Å²) in [7, 11) is 0. The molecule has 0 radical (unpaired) electrons. The molecule has 2 heteroatoms. The molecule has 0 saturated heterocycles. The summed E-state index contributed by atoms with van der Waals surface area (Å²) in [5.41, 5.74) is 0. The molecule has 0 aliphatic carbocycles. The SMILES string of the molecule is CCCCCCCCCCCCO.CCCCCCCCOCCCCCCCC. The van der Waals surface area contributed by atoms with Crippen molar-refractivity contribution in [3.8, 4) is 0 Å². The van der Waals surface area contributed by atoms with Gasteiger partial charge in [0.1, 0.15) is 0 Å². The normalized spacial score (nSPS) is 10.8. The first-order chi connectivity index (χ1) is 14.8. The van der Waals surface area contributed by atoms with Crippen LogP contribution in [0.3, 0.4) is 0 Å². The van der Waals surface area contributed by atoms with Gasteiger partial charge in [-0.2, -0.15) is 0 Å². The quantitative estimate of drug-likeness (QED) is 0.155. The Hall–Kier alpha value is -0.0800. The molecule has 0 atom stereocenters. The second kappa shape index (κ2) is 33.6. The zero-order valence-electron chi connectivity index (χ0n) is 21.5. The lowest BCUT2D eigenvalue weighted by Gasteiger charge is -2.04. The Kier molecular flexibility index (Phi) is 35.9. The molecule has 0 aromatic rings. The van der Waals surface area contributed by atoms with Crippen molar-refractivity contribution in [3.63, 3.8) is 0 Å². The highest BCUT2D eigenvalue weighted by atomic mass is 16.5. The molecule has 2 nitrogen and oxygen atoms in total. The minimum Gasteiger partial charge on any atom is -0.396 e. The summed E-state index contributed by atoms with van der Waals surface area (Å²) in [6.07, 6.45) is 29.6. The third-order valence-corrected chi connectivity index (χ3v) is 5.80. The monoisotopic (exact) mass is 428 g/mol. The van der Waals surface area contributed by atoms with E-state index in [2.05, 4.69) is 20.8 Å². The summed E-state index contributed by atoms with van der Waals surface area (Å²) in [6, 6.07) is 0. The second-order valence-electron chi connectivity index (χ2n) is 9.05. The fourth-order valence-electron chi connectivity index (χ4n) is 3.67. The number of rotatable bonds is 24. The van der Waals surface area contributed by atoms with Gasteiger partial charge < -0.3 is 9.84 Å². The van der Waals surface area contributed by atoms with E-state index in [4.69, 9.17) is 9.84 Å². The topological polar surface area (TPSA) is 29.5 Å². The molecule has 0 aliphatic heterocycles. The Labute approximate surface area is 192 Å². The fourth-order valence-corrected chi connectivity index (χ4v) is 3.67. The van der Waals surface area contributed by atoms with Crippen molar-refractivity contribution in [2.45, 2.75) is 162 Å². The van der Waals surface area contributed by atoms with Crippen molar-refractivity contribution in [3.05, 3.63) is 0 Å². The molecule has 0 rings (SSSR count). The van der Waals surface area contributed by atoms with Crippen LogP contribution in [0.15, 0.2) is 0 Å². The van der Waals surface area contributed by atoms with Gasteiger partial charge in [-0.3, -0.25) is 0 Å². The summed E-state index contributed by atoms with van der Waals surface area (Å²) in [5, 5.41) is 8.57. The van der Waals surface area contributed by atoms with E-state index in [1.54, 1.807) is 0 Å². The van der Waals surface area contributed by atoms with Crippen molar-refractivity contribution < 1.29 is 9.84 Å². The van der Waals surface area contributed by atoms with Gasteiger partial charge >= 0.3 is 0 Å². The number of hydrogen-bond donors (Lipinski definition) is 1. The third kappa shape index (κ3) is 35.4. The van der Waals surface area contributed by atoms with Crippen LogP contribution in [-0.4, -0.2) is 24.9 Å². The van der Waals surface area contributed by atoms with Gasteiger partial charge in [0.25, 0.3) is 0 Å².